The van der Waals surface area contributed by atoms with E-state index in [4.69, 9.17) is 5.73 Å². The molecule has 3 N–H and O–H groups in total. The first-order valence-electron chi connectivity index (χ1n) is 6.58. The molecule has 0 radical (unpaired) electrons. The molecular weight excluding hydrogens is 208 g/mol. The highest BCUT2D eigenvalue weighted by atomic mass is 14.9. The van der Waals surface area contributed by atoms with Gasteiger partial charge in [-0.1, -0.05) is 45.9 Å². The van der Waals surface area contributed by atoms with Crippen LogP contribution < -0.4 is 11.1 Å². The predicted octanol–water partition coefficient (Wildman–Crippen LogP) is 3.21. The normalized spacial score (nSPS) is 11.6. The predicted molar refractivity (Wildman–Crippen MR) is 76.5 cm³/mol. The van der Waals surface area contributed by atoms with Crippen molar-refractivity contribution >= 4 is 5.69 Å². The largest absolute Gasteiger partial charge is 0.384 e. The molecule has 0 unspecified atom stereocenters. The third-order valence-electron chi connectivity index (χ3n) is 3.30. The number of anilines is 1. The highest BCUT2D eigenvalue weighted by molar-refractivity contribution is 5.58. The summed E-state index contributed by atoms with van der Waals surface area (Å²) in [6, 6.07) is 6.56. The van der Waals surface area contributed by atoms with Crippen LogP contribution in [0.5, 0.6) is 0 Å². The van der Waals surface area contributed by atoms with E-state index in [0.717, 1.165) is 19.4 Å². The molecule has 0 amide bonds. The highest BCUT2D eigenvalue weighted by Gasteiger charge is 2.16. The van der Waals surface area contributed by atoms with Crippen molar-refractivity contribution in [2.24, 2.45) is 11.1 Å². The van der Waals surface area contributed by atoms with Gasteiger partial charge in [-0.25, -0.2) is 0 Å². The van der Waals surface area contributed by atoms with Crippen LogP contribution in [0.25, 0.3) is 0 Å². The van der Waals surface area contributed by atoms with E-state index in [2.05, 4.69) is 51.2 Å². The summed E-state index contributed by atoms with van der Waals surface area (Å²) in [5, 5.41) is 3.59. The van der Waals surface area contributed by atoms with Crippen molar-refractivity contribution < 1.29 is 0 Å². The van der Waals surface area contributed by atoms with E-state index in [9.17, 15) is 0 Å². The van der Waals surface area contributed by atoms with Crippen LogP contribution in [-0.4, -0.2) is 13.1 Å². The van der Waals surface area contributed by atoms with Gasteiger partial charge in [0.2, 0.25) is 0 Å². The SMILES string of the molecule is CCc1cccc(CC)c1NCC(C)(C)CN. The Hall–Kier alpha value is -1.02. The Labute approximate surface area is 106 Å². The van der Waals surface area contributed by atoms with Gasteiger partial charge in [0.05, 0.1) is 0 Å². The van der Waals surface area contributed by atoms with E-state index in [1.54, 1.807) is 0 Å². The monoisotopic (exact) mass is 234 g/mol. The van der Waals surface area contributed by atoms with Gasteiger partial charge in [-0.15, -0.1) is 0 Å². The quantitative estimate of drug-likeness (QED) is 0.793. The zero-order valence-corrected chi connectivity index (χ0v) is 11.6. The second-order valence-corrected chi connectivity index (χ2v) is 5.38. The summed E-state index contributed by atoms with van der Waals surface area (Å²) < 4.78 is 0. The van der Waals surface area contributed by atoms with Gasteiger partial charge in [-0.2, -0.15) is 0 Å². The van der Waals surface area contributed by atoms with E-state index < -0.39 is 0 Å². The van der Waals surface area contributed by atoms with Gasteiger partial charge in [0.1, 0.15) is 0 Å². The van der Waals surface area contributed by atoms with Crippen molar-refractivity contribution in [3.8, 4) is 0 Å². The molecule has 17 heavy (non-hydrogen) atoms. The molecular formula is C15H26N2. The summed E-state index contributed by atoms with van der Waals surface area (Å²) >= 11 is 0. The van der Waals surface area contributed by atoms with Crippen LogP contribution in [-0.2, 0) is 12.8 Å². The summed E-state index contributed by atoms with van der Waals surface area (Å²) in [6.45, 7) is 10.4. The molecule has 0 saturated carbocycles. The van der Waals surface area contributed by atoms with Gasteiger partial charge in [0.25, 0.3) is 0 Å². The van der Waals surface area contributed by atoms with Crippen LogP contribution >= 0.6 is 0 Å². The van der Waals surface area contributed by atoms with Crippen molar-refractivity contribution in [1.29, 1.82) is 0 Å². The van der Waals surface area contributed by atoms with E-state index in [-0.39, 0.29) is 5.41 Å². The maximum Gasteiger partial charge on any atom is 0.0405 e. The molecule has 0 bridgehead atoms. The second-order valence-electron chi connectivity index (χ2n) is 5.38. The number of para-hydroxylation sites is 1. The van der Waals surface area contributed by atoms with Crippen molar-refractivity contribution in [1.82, 2.24) is 0 Å². The molecule has 1 aromatic carbocycles. The molecule has 2 heteroatoms. The molecule has 0 aliphatic rings. The lowest BCUT2D eigenvalue weighted by molar-refractivity contribution is 0.405. The Morgan fingerprint density at radius 3 is 2.06 bits per heavy atom. The fraction of sp³-hybridized carbons (Fsp3) is 0.600. The molecule has 1 rings (SSSR count). The van der Waals surface area contributed by atoms with Crippen LogP contribution in [0.3, 0.4) is 0 Å². The molecule has 96 valence electrons. The van der Waals surface area contributed by atoms with Crippen molar-refractivity contribution in [2.45, 2.75) is 40.5 Å². The Bertz CT molecular complexity index is 334. The molecule has 2 nitrogen and oxygen atoms in total. The van der Waals surface area contributed by atoms with Crippen molar-refractivity contribution in [2.75, 3.05) is 18.4 Å². The van der Waals surface area contributed by atoms with Crippen molar-refractivity contribution in [3.63, 3.8) is 0 Å². The molecule has 0 aliphatic carbocycles. The van der Waals surface area contributed by atoms with E-state index in [0.29, 0.717) is 6.54 Å². The minimum Gasteiger partial charge on any atom is -0.384 e. The number of benzene rings is 1. The molecule has 0 heterocycles. The fourth-order valence-electron chi connectivity index (χ4n) is 1.87. The van der Waals surface area contributed by atoms with Crippen LogP contribution in [0.4, 0.5) is 5.69 Å². The zero-order valence-electron chi connectivity index (χ0n) is 11.6. The summed E-state index contributed by atoms with van der Waals surface area (Å²) in [7, 11) is 0. The van der Waals surface area contributed by atoms with Crippen LogP contribution in [0, 0.1) is 5.41 Å². The molecule has 1 aromatic rings. The topological polar surface area (TPSA) is 38.0 Å². The first-order valence-corrected chi connectivity index (χ1v) is 6.58. The smallest absolute Gasteiger partial charge is 0.0405 e. The lowest BCUT2D eigenvalue weighted by Gasteiger charge is -2.25. The summed E-state index contributed by atoms with van der Waals surface area (Å²) in [6.07, 6.45) is 2.14. The van der Waals surface area contributed by atoms with Crippen molar-refractivity contribution in [3.05, 3.63) is 29.3 Å². The summed E-state index contributed by atoms with van der Waals surface area (Å²) in [5.41, 5.74) is 10.0. The number of rotatable bonds is 6. The number of nitrogens with two attached hydrogens (primary N) is 1. The number of aryl methyl sites for hydroxylation is 2. The Morgan fingerprint density at radius 2 is 1.65 bits per heavy atom. The summed E-state index contributed by atoms with van der Waals surface area (Å²) in [5.74, 6) is 0. The fourth-order valence-corrected chi connectivity index (χ4v) is 1.87. The number of nitrogens with one attached hydrogen (secondary N) is 1. The highest BCUT2D eigenvalue weighted by Crippen LogP contribution is 2.24. The van der Waals surface area contributed by atoms with Crippen LogP contribution in [0.2, 0.25) is 0 Å². The minimum atomic E-state index is 0.145. The maximum atomic E-state index is 5.77. The number of hydrogen-bond donors (Lipinski definition) is 2. The average Bonchev–Trinajstić information content (AvgIpc) is 2.35. The third-order valence-corrected chi connectivity index (χ3v) is 3.30. The standard InChI is InChI=1S/C15H26N2/c1-5-12-8-7-9-13(6-2)14(12)17-11-15(3,4)10-16/h7-9,17H,5-6,10-11,16H2,1-4H3. The van der Waals surface area contributed by atoms with Gasteiger partial charge in [-0.05, 0) is 35.9 Å². The molecule has 0 atom stereocenters. The third kappa shape index (κ3) is 3.74. The maximum absolute atomic E-state index is 5.77. The Kier molecular flexibility index (Phi) is 5.01. The van der Waals surface area contributed by atoms with Crippen LogP contribution in [0.15, 0.2) is 18.2 Å². The van der Waals surface area contributed by atoms with Gasteiger partial charge >= 0.3 is 0 Å². The minimum absolute atomic E-state index is 0.145. The zero-order chi connectivity index (χ0) is 12.9. The van der Waals surface area contributed by atoms with Gasteiger partial charge in [0.15, 0.2) is 0 Å². The van der Waals surface area contributed by atoms with E-state index >= 15 is 0 Å². The Morgan fingerprint density at radius 1 is 1.12 bits per heavy atom. The molecule has 0 aromatic heterocycles. The molecule has 0 spiro atoms. The number of hydrogen-bond acceptors (Lipinski definition) is 2. The first-order chi connectivity index (χ1) is 8.04. The van der Waals surface area contributed by atoms with Gasteiger partial charge in [0, 0.05) is 12.2 Å². The summed E-state index contributed by atoms with van der Waals surface area (Å²) in [4.78, 5) is 0. The molecule has 0 saturated heterocycles. The lowest BCUT2D eigenvalue weighted by atomic mass is 9.93. The van der Waals surface area contributed by atoms with Gasteiger partial charge < -0.3 is 11.1 Å². The molecule has 0 fully saturated rings. The average molecular weight is 234 g/mol. The second kappa shape index (κ2) is 6.06. The van der Waals surface area contributed by atoms with E-state index in [1.165, 1.54) is 16.8 Å². The van der Waals surface area contributed by atoms with E-state index in [1.807, 2.05) is 0 Å². The van der Waals surface area contributed by atoms with Gasteiger partial charge in [-0.3, -0.25) is 0 Å². The molecule has 0 aliphatic heterocycles. The first kappa shape index (κ1) is 14.0. The van der Waals surface area contributed by atoms with Crippen LogP contribution in [0.1, 0.15) is 38.8 Å². The Balaban J connectivity index is 2.88. The lowest BCUT2D eigenvalue weighted by Crippen LogP contribution is -2.31.